The van der Waals surface area contributed by atoms with Gasteiger partial charge in [-0.25, -0.2) is 9.59 Å². The van der Waals surface area contributed by atoms with Gasteiger partial charge in [0.05, 0.1) is 0 Å². The van der Waals surface area contributed by atoms with Crippen LogP contribution in [0.5, 0.6) is 11.5 Å². The van der Waals surface area contributed by atoms with Crippen LogP contribution in [-0.4, -0.2) is 22.2 Å². The largest absolute Gasteiger partial charge is 0.507 e. The number of hydrogen-bond acceptors (Lipinski definition) is 7. The maximum Gasteiger partial charge on any atom is 0.351 e. The van der Waals surface area contributed by atoms with Crippen LogP contribution in [0.1, 0.15) is 20.7 Å². The number of phenolic OH excluding ortho intramolecular Hbond substituents is 2. The third kappa shape index (κ3) is 2.86. The first kappa shape index (κ1) is 14.2. The first-order chi connectivity index (χ1) is 9.90. The quantitative estimate of drug-likeness (QED) is 0.282. The third-order valence-electron chi connectivity index (χ3n) is 2.70. The summed E-state index contributed by atoms with van der Waals surface area (Å²) in [4.78, 5) is 23.7. The van der Waals surface area contributed by atoms with Crippen molar-refractivity contribution in [3.8, 4) is 11.5 Å². The van der Waals surface area contributed by atoms with Crippen LogP contribution in [0.2, 0.25) is 0 Å². The Kier molecular flexibility index (Phi) is 3.66. The number of esters is 2. The van der Waals surface area contributed by atoms with Gasteiger partial charge in [-0.1, -0.05) is 6.07 Å². The highest BCUT2D eigenvalue weighted by Gasteiger charge is 2.22. The summed E-state index contributed by atoms with van der Waals surface area (Å²) in [6, 6.07) is 7.79. The molecule has 0 aliphatic heterocycles. The number of hydrogen-bond donors (Lipinski definition) is 4. The van der Waals surface area contributed by atoms with Crippen LogP contribution in [0.3, 0.4) is 0 Å². The van der Waals surface area contributed by atoms with Gasteiger partial charge >= 0.3 is 11.9 Å². The lowest BCUT2D eigenvalue weighted by atomic mass is 10.1. The maximum atomic E-state index is 11.9. The Morgan fingerprint density at radius 2 is 1.67 bits per heavy atom. The maximum absolute atomic E-state index is 11.9. The van der Waals surface area contributed by atoms with Crippen molar-refractivity contribution in [3.63, 3.8) is 0 Å². The van der Waals surface area contributed by atoms with Gasteiger partial charge in [0.15, 0.2) is 0 Å². The molecule has 0 aromatic heterocycles. The van der Waals surface area contributed by atoms with Crippen LogP contribution in [-0.2, 0) is 4.74 Å². The van der Waals surface area contributed by atoms with E-state index in [1.807, 2.05) is 0 Å². The Balaban J connectivity index is 2.27. The average molecular weight is 288 g/mol. The molecule has 0 spiro atoms. The molecule has 0 atom stereocenters. The van der Waals surface area contributed by atoms with Crippen LogP contribution in [0.15, 0.2) is 36.4 Å². The van der Waals surface area contributed by atoms with Crippen LogP contribution >= 0.6 is 0 Å². The fourth-order valence-electron chi connectivity index (χ4n) is 1.69. The van der Waals surface area contributed by atoms with E-state index in [9.17, 15) is 19.8 Å². The van der Waals surface area contributed by atoms with Gasteiger partial charge in [-0.2, -0.15) is 0 Å². The lowest BCUT2D eigenvalue weighted by molar-refractivity contribution is 0.0395. The topological polar surface area (TPSA) is 136 Å². The van der Waals surface area contributed by atoms with Crippen LogP contribution in [0.4, 0.5) is 11.4 Å². The number of phenols is 2. The second-order valence-electron chi connectivity index (χ2n) is 4.19. The van der Waals surface area contributed by atoms with Gasteiger partial charge in [-0.3, -0.25) is 0 Å². The third-order valence-corrected chi connectivity index (χ3v) is 2.70. The molecule has 0 radical (unpaired) electrons. The fourth-order valence-corrected chi connectivity index (χ4v) is 1.69. The van der Waals surface area contributed by atoms with E-state index in [1.54, 1.807) is 0 Å². The molecular weight excluding hydrogens is 276 g/mol. The van der Waals surface area contributed by atoms with Crippen LogP contribution < -0.4 is 11.5 Å². The molecular formula is C14H12N2O5. The van der Waals surface area contributed by atoms with Gasteiger partial charge < -0.3 is 26.4 Å². The molecule has 0 aliphatic rings. The van der Waals surface area contributed by atoms with E-state index in [0.29, 0.717) is 0 Å². The zero-order valence-corrected chi connectivity index (χ0v) is 10.7. The monoisotopic (exact) mass is 288 g/mol. The number of nitrogens with two attached hydrogens (primary N) is 2. The molecule has 0 aliphatic carbocycles. The van der Waals surface area contributed by atoms with Crippen molar-refractivity contribution in [2.45, 2.75) is 0 Å². The Morgan fingerprint density at radius 3 is 2.33 bits per heavy atom. The molecule has 108 valence electrons. The normalized spacial score (nSPS) is 10.1. The number of anilines is 2. The van der Waals surface area contributed by atoms with Gasteiger partial charge in [0.1, 0.15) is 22.6 Å². The molecule has 21 heavy (non-hydrogen) atoms. The molecule has 2 aromatic carbocycles. The molecule has 0 heterocycles. The van der Waals surface area contributed by atoms with Gasteiger partial charge in [0.2, 0.25) is 0 Å². The zero-order valence-electron chi connectivity index (χ0n) is 10.7. The minimum absolute atomic E-state index is 0.0374. The summed E-state index contributed by atoms with van der Waals surface area (Å²) in [5, 5.41) is 19.1. The number of ether oxygens (including phenoxy) is 1. The molecule has 0 saturated heterocycles. The van der Waals surface area contributed by atoms with E-state index >= 15 is 0 Å². The summed E-state index contributed by atoms with van der Waals surface area (Å²) in [6.45, 7) is 0. The molecule has 6 N–H and O–H groups in total. The summed E-state index contributed by atoms with van der Waals surface area (Å²) in [5.74, 6) is -3.03. The molecule has 0 unspecified atom stereocenters. The Morgan fingerprint density at radius 1 is 0.952 bits per heavy atom. The van der Waals surface area contributed by atoms with Crippen molar-refractivity contribution in [1.82, 2.24) is 0 Å². The molecule has 2 rings (SSSR count). The van der Waals surface area contributed by atoms with E-state index in [4.69, 9.17) is 11.5 Å². The number of nitrogen functional groups attached to an aromatic ring is 2. The Labute approximate surface area is 119 Å². The summed E-state index contributed by atoms with van der Waals surface area (Å²) in [7, 11) is 0. The van der Waals surface area contributed by atoms with Crippen LogP contribution in [0, 0.1) is 0 Å². The predicted molar refractivity (Wildman–Crippen MR) is 74.8 cm³/mol. The molecule has 7 heteroatoms. The minimum atomic E-state index is -1.13. The van der Waals surface area contributed by atoms with Crippen LogP contribution in [0.25, 0.3) is 0 Å². The summed E-state index contributed by atoms with van der Waals surface area (Å²) in [5.41, 5.74) is 10.6. The first-order valence-electron chi connectivity index (χ1n) is 5.82. The zero-order chi connectivity index (χ0) is 15.6. The van der Waals surface area contributed by atoms with Crippen molar-refractivity contribution >= 4 is 23.3 Å². The highest BCUT2D eigenvalue weighted by atomic mass is 16.6. The number of carbonyl (C=O) groups excluding carboxylic acids is 2. The summed E-state index contributed by atoms with van der Waals surface area (Å²) < 4.78 is 4.59. The lowest BCUT2D eigenvalue weighted by Gasteiger charge is -2.08. The molecule has 0 bridgehead atoms. The van der Waals surface area contributed by atoms with E-state index in [1.165, 1.54) is 36.4 Å². The number of aromatic hydroxyl groups is 2. The van der Waals surface area contributed by atoms with E-state index < -0.39 is 17.7 Å². The Bertz CT molecular complexity index is 707. The van der Waals surface area contributed by atoms with E-state index in [2.05, 4.69) is 4.74 Å². The van der Waals surface area contributed by atoms with Crippen molar-refractivity contribution in [3.05, 3.63) is 47.5 Å². The summed E-state index contributed by atoms with van der Waals surface area (Å²) >= 11 is 0. The molecule has 7 nitrogen and oxygen atoms in total. The van der Waals surface area contributed by atoms with Crippen molar-refractivity contribution in [2.75, 3.05) is 11.5 Å². The Hall–Kier alpha value is -3.22. The minimum Gasteiger partial charge on any atom is -0.507 e. The molecule has 0 saturated carbocycles. The van der Waals surface area contributed by atoms with Crippen molar-refractivity contribution in [1.29, 1.82) is 0 Å². The average Bonchev–Trinajstić information content (AvgIpc) is 2.41. The molecule has 0 amide bonds. The van der Waals surface area contributed by atoms with Gasteiger partial charge in [-0.05, 0) is 30.3 Å². The van der Waals surface area contributed by atoms with E-state index in [0.717, 1.165) is 0 Å². The highest BCUT2D eigenvalue weighted by molar-refractivity contribution is 6.07. The van der Waals surface area contributed by atoms with Crippen molar-refractivity contribution < 1.29 is 24.5 Å². The molecule has 0 fully saturated rings. The second kappa shape index (κ2) is 5.41. The van der Waals surface area contributed by atoms with Gasteiger partial charge in [-0.15, -0.1) is 0 Å². The predicted octanol–water partition coefficient (Wildman–Crippen LogP) is 1.26. The SMILES string of the molecule is Nc1ccc(O)c(C(=O)OC(=O)c2c(N)cccc2O)c1. The number of benzene rings is 2. The van der Waals surface area contributed by atoms with E-state index in [-0.39, 0.29) is 28.3 Å². The van der Waals surface area contributed by atoms with Gasteiger partial charge in [0, 0.05) is 11.4 Å². The standard InChI is InChI=1S/C14H12N2O5/c15-7-4-5-10(17)8(6-7)13(19)21-14(20)12-9(16)2-1-3-11(12)18/h1-6,17-18H,15-16H2. The lowest BCUT2D eigenvalue weighted by Crippen LogP contribution is -2.15. The smallest absolute Gasteiger partial charge is 0.351 e. The highest BCUT2D eigenvalue weighted by Crippen LogP contribution is 2.25. The second-order valence-corrected chi connectivity index (χ2v) is 4.19. The fraction of sp³-hybridized carbons (Fsp3) is 0. The summed E-state index contributed by atoms with van der Waals surface area (Å²) in [6.07, 6.45) is 0. The first-order valence-corrected chi connectivity index (χ1v) is 5.82. The molecule has 2 aromatic rings. The number of carbonyl (C=O) groups is 2. The van der Waals surface area contributed by atoms with Gasteiger partial charge in [0.25, 0.3) is 0 Å². The van der Waals surface area contributed by atoms with Crippen molar-refractivity contribution in [2.24, 2.45) is 0 Å². The number of rotatable bonds is 2.